The molecular weight excluding hydrogens is 1210 g/mol. The average Bonchev–Trinajstić information content (AvgIpc) is 3.91. The molecule has 0 amide bonds. The molecule has 0 atom stereocenters. The Morgan fingerprint density at radius 1 is 0.298 bits per heavy atom. The fourth-order valence-electron chi connectivity index (χ4n) is 4.30. The summed E-state index contributed by atoms with van der Waals surface area (Å²) < 4.78 is 13.2. The van der Waals surface area contributed by atoms with E-state index in [0.717, 1.165) is 0 Å². The van der Waals surface area contributed by atoms with Crippen molar-refractivity contribution in [3.05, 3.63) is 104 Å². The van der Waals surface area contributed by atoms with Gasteiger partial charge in [-0.25, -0.2) is 0 Å². The van der Waals surface area contributed by atoms with Crippen molar-refractivity contribution in [2.45, 2.75) is 29.4 Å². The van der Waals surface area contributed by atoms with Crippen molar-refractivity contribution in [2.24, 2.45) is 0 Å². The van der Waals surface area contributed by atoms with Crippen LogP contribution in [-0.4, -0.2) is 84.6 Å². The first-order valence-electron chi connectivity index (χ1n) is 13.9. The monoisotopic (exact) mass is 1230 g/mol. The van der Waals surface area contributed by atoms with E-state index < -0.39 is 84.6 Å². The molecule has 8 heterocycles. The van der Waals surface area contributed by atoms with Gasteiger partial charge in [0, 0.05) is 0 Å². The minimum atomic E-state index is -0.899. The third-order valence-corrected chi connectivity index (χ3v) is 43.8. The second-order valence-corrected chi connectivity index (χ2v) is 42.9. The summed E-state index contributed by atoms with van der Waals surface area (Å²) in [4.78, 5) is 9.06. The number of thiophene rings is 8. The van der Waals surface area contributed by atoms with Crippen molar-refractivity contribution in [2.75, 3.05) is 0 Å². The van der Waals surface area contributed by atoms with E-state index >= 15 is 0 Å². The molecule has 15 heteroatoms. The van der Waals surface area contributed by atoms with E-state index in [2.05, 4.69) is 115 Å². The maximum atomic E-state index is 2.39. The van der Waals surface area contributed by atoms with Crippen LogP contribution in [0.15, 0.2) is 133 Å². The summed E-state index contributed by atoms with van der Waals surface area (Å²) in [6.07, 6.45) is 0. The predicted molar refractivity (Wildman–Crippen MR) is 227 cm³/mol. The van der Waals surface area contributed by atoms with E-state index in [1.165, 1.54) is 29.4 Å². The molecule has 0 nitrogen and oxygen atoms in total. The molecule has 8 aromatic rings. The first kappa shape index (κ1) is 35.9. The van der Waals surface area contributed by atoms with Crippen LogP contribution in [0.25, 0.3) is 0 Å². The average molecular weight is 1230 g/mol. The van der Waals surface area contributed by atoms with Gasteiger partial charge in [-0.2, -0.15) is 0 Å². The van der Waals surface area contributed by atoms with Crippen LogP contribution < -0.4 is 23.1 Å². The summed E-state index contributed by atoms with van der Waals surface area (Å²) in [6, 6.07) is 23.4. The van der Waals surface area contributed by atoms with E-state index in [1.807, 2.05) is 114 Å². The molecule has 0 spiro atoms. The van der Waals surface area contributed by atoms with Crippen molar-refractivity contribution < 1.29 is 0 Å². The second kappa shape index (κ2) is 17.8. The molecule has 0 aliphatic heterocycles. The van der Waals surface area contributed by atoms with Gasteiger partial charge in [-0.3, -0.25) is 0 Å². The van der Waals surface area contributed by atoms with Gasteiger partial charge in [0.15, 0.2) is 0 Å². The van der Waals surface area contributed by atoms with Crippen LogP contribution in [-0.2, 0) is 0 Å². The Balaban J connectivity index is 0.945. The van der Waals surface area contributed by atoms with Crippen LogP contribution in [0.4, 0.5) is 0 Å². The van der Waals surface area contributed by atoms with E-state index in [-0.39, 0.29) is 0 Å². The molecule has 0 unspecified atom stereocenters. The zero-order chi connectivity index (χ0) is 31.4. The standard InChI is InChI=1S/3C8H4S3.2C4H3S.4Sn/c3*1-3-9-5-7(1)11-8-2-4-10-6-8;2*1-2-4-5-3-1;;;;/h3*1-4H;2*1-3H;;;;. The van der Waals surface area contributed by atoms with E-state index in [1.54, 1.807) is 23.1 Å². The Hall–Kier alpha value is 1.84. The molecule has 8 rings (SSSR count). The van der Waals surface area contributed by atoms with Crippen LogP contribution in [0.2, 0.25) is 0 Å². The predicted octanol–water partition coefficient (Wildman–Crippen LogP) is 7.25. The topological polar surface area (TPSA) is 0 Å². The normalized spacial score (nSPS) is 11.6. The van der Waals surface area contributed by atoms with Crippen molar-refractivity contribution in [3.8, 4) is 0 Å². The van der Waals surface area contributed by atoms with Gasteiger partial charge in [-0.15, -0.1) is 0 Å². The molecule has 0 saturated carbocycles. The molecular formula is C32H18S11Sn4. The molecule has 8 aromatic heterocycles. The molecule has 0 bridgehead atoms. The fourth-order valence-corrected chi connectivity index (χ4v) is 40.8. The van der Waals surface area contributed by atoms with Crippen LogP contribution in [0, 0.1) is 0 Å². The fraction of sp³-hybridized carbons (Fsp3) is 0. The molecule has 0 aliphatic carbocycles. The summed E-state index contributed by atoms with van der Waals surface area (Å²) in [7, 11) is 0. The van der Waals surface area contributed by atoms with Crippen LogP contribution in [0.1, 0.15) is 0 Å². The van der Waals surface area contributed by atoms with E-state index in [0.29, 0.717) is 0 Å². The van der Waals surface area contributed by atoms with E-state index in [9.17, 15) is 0 Å². The van der Waals surface area contributed by atoms with Crippen molar-refractivity contribution in [3.63, 3.8) is 0 Å². The van der Waals surface area contributed by atoms with Gasteiger partial charge >= 0.3 is 367 Å². The van der Waals surface area contributed by atoms with Crippen molar-refractivity contribution >= 4 is 234 Å². The number of rotatable bonds is 14. The Kier molecular flexibility index (Phi) is 13.6. The third-order valence-electron chi connectivity index (χ3n) is 6.40. The summed E-state index contributed by atoms with van der Waals surface area (Å²) in [5.74, 6) is 0. The van der Waals surface area contributed by atoms with Crippen molar-refractivity contribution in [1.29, 1.82) is 0 Å². The van der Waals surface area contributed by atoms with E-state index in [4.69, 9.17) is 0 Å². The molecule has 0 aromatic carbocycles. The summed E-state index contributed by atoms with van der Waals surface area (Å²) >= 11 is 18.7. The Morgan fingerprint density at radius 2 is 0.574 bits per heavy atom. The van der Waals surface area contributed by atoms with Gasteiger partial charge in [0.05, 0.1) is 0 Å². The molecule has 228 valence electrons. The zero-order valence-electron chi connectivity index (χ0n) is 23.9. The second-order valence-electron chi connectivity index (χ2n) is 9.44. The summed E-state index contributed by atoms with van der Waals surface area (Å²) in [5.41, 5.74) is 0. The van der Waals surface area contributed by atoms with Gasteiger partial charge in [-0.05, 0) is 0 Å². The molecule has 47 heavy (non-hydrogen) atoms. The van der Waals surface area contributed by atoms with Gasteiger partial charge in [0.1, 0.15) is 0 Å². The molecule has 0 N–H and O–H groups in total. The minimum absolute atomic E-state index is 0.704. The molecule has 0 saturated heterocycles. The number of hydrogen-bond acceptors (Lipinski definition) is 11. The first-order valence-corrected chi connectivity index (χ1v) is 34.8. The Labute approximate surface area is 360 Å². The Morgan fingerprint density at radius 3 is 0.830 bits per heavy atom. The van der Waals surface area contributed by atoms with Crippen LogP contribution >= 0.6 is 126 Å². The van der Waals surface area contributed by atoms with Gasteiger partial charge in [0.25, 0.3) is 0 Å². The number of hydrogen-bond donors (Lipinski definition) is 0. The first-order chi connectivity index (χ1) is 23.2. The maximum absolute atomic E-state index is 2.39. The van der Waals surface area contributed by atoms with Crippen molar-refractivity contribution in [1.82, 2.24) is 0 Å². The molecule has 8 radical (unpaired) electrons. The molecule has 0 aliphatic rings. The molecule has 0 fully saturated rings. The third kappa shape index (κ3) is 9.32. The van der Waals surface area contributed by atoms with Gasteiger partial charge in [0.2, 0.25) is 0 Å². The summed E-state index contributed by atoms with van der Waals surface area (Å²) in [6.45, 7) is 0. The SMILES string of the molecule is c1cs[c]([Sn][c]2sccc2Sc2ccs[c]2[Sn][c]2sccc2Sc2ccs[c]2[Sn][c]2sccc2Sc2ccs[c]2[Sn][c]2cccs2)c1. The zero-order valence-corrected chi connectivity index (χ0v) is 44.3. The van der Waals surface area contributed by atoms with Gasteiger partial charge in [-0.1, -0.05) is 0 Å². The van der Waals surface area contributed by atoms with Crippen LogP contribution in [0.3, 0.4) is 0 Å². The quantitative estimate of drug-likeness (QED) is 0.106. The van der Waals surface area contributed by atoms with Crippen LogP contribution in [0.5, 0.6) is 0 Å². The van der Waals surface area contributed by atoms with Gasteiger partial charge < -0.3 is 0 Å². The Bertz CT molecular complexity index is 2000. The summed E-state index contributed by atoms with van der Waals surface area (Å²) in [5, 5.41) is 18.4.